The van der Waals surface area contributed by atoms with E-state index in [0.717, 1.165) is 29.7 Å². The molecule has 3 amide bonds. The molecule has 2 aromatic rings. The first-order valence-electron chi connectivity index (χ1n) is 13.2. The molecule has 10 heteroatoms. The predicted molar refractivity (Wildman–Crippen MR) is 142 cm³/mol. The number of carbonyl (C=O) groups excluding carboxylic acids is 3. The van der Waals surface area contributed by atoms with Gasteiger partial charge >= 0.3 is 0 Å². The predicted octanol–water partition coefficient (Wildman–Crippen LogP) is 2.48. The van der Waals surface area contributed by atoms with Crippen molar-refractivity contribution in [3.05, 3.63) is 45.9 Å². The summed E-state index contributed by atoms with van der Waals surface area (Å²) in [6.45, 7) is 3.71. The van der Waals surface area contributed by atoms with E-state index >= 15 is 4.39 Å². The largest absolute Gasteiger partial charge is 0.339 e. The topological polar surface area (TPSA) is 106 Å². The molecule has 4 atom stereocenters. The minimum Gasteiger partial charge on any atom is -0.339 e. The molecular formula is C28H32FN5O3S. The first kappa shape index (κ1) is 26.3. The van der Waals surface area contributed by atoms with Crippen LogP contribution in [-0.2, 0) is 27.2 Å². The number of halogens is 1. The van der Waals surface area contributed by atoms with Crippen LogP contribution in [-0.4, -0.2) is 71.8 Å². The van der Waals surface area contributed by atoms with Gasteiger partial charge in [-0.3, -0.25) is 14.4 Å². The zero-order valence-corrected chi connectivity index (χ0v) is 22.2. The van der Waals surface area contributed by atoms with E-state index in [1.807, 2.05) is 11.4 Å². The highest BCUT2D eigenvalue weighted by molar-refractivity contribution is 7.10. The van der Waals surface area contributed by atoms with Crippen molar-refractivity contribution in [2.24, 2.45) is 5.92 Å². The molecule has 1 saturated carbocycles. The number of hydrogen-bond acceptors (Lipinski definition) is 6. The van der Waals surface area contributed by atoms with Crippen LogP contribution in [0.15, 0.2) is 29.6 Å². The van der Waals surface area contributed by atoms with Crippen molar-refractivity contribution in [3.8, 4) is 17.2 Å². The van der Waals surface area contributed by atoms with Gasteiger partial charge in [-0.05, 0) is 59.4 Å². The Morgan fingerprint density at radius 2 is 1.92 bits per heavy atom. The van der Waals surface area contributed by atoms with Crippen molar-refractivity contribution in [2.75, 3.05) is 26.2 Å². The number of nitriles is 1. The summed E-state index contributed by atoms with van der Waals surface area (Å²) in [5, 5.41) is 17.6. The van der Waals surface area contributed by atoms with E-state index in [1.165, 1.54) is 24.3 Å². The van der Waals surface area contributed by atoms with Gasteiger partial charge in [-0.1, -0.05) is 12.1 Å². The van der Waals surface area contributed by atoms with Crippen LogP contribution in [0, 0.1) is 23.1 Å². The van der Waals surface area contributed by atoms with Gasteiger partial charge in [-0.15, -0.1) is 11.3 Å². The average molecular weight is 538 g/mol. The summed E-state index contributed by atoms with van der Waals surface area (Å²) in [5.41, 5.74) is 1.90. The van der Waals surface area contributed by atoms with E-state index in [9.17, 15) is 19.6 Å². The Balaban J connectivity index is 1.16. The third-order valence-electron chi connectivity index (χ3n) is 7.98. The number of amides is 3. The number of carbonyl (C=O) groups is 3. The summed E-state index contributed by atoms with van der Waals surface area (Å²) in [7, 11) is 0. The normalized spacial score (nSPS) is 23.2. The second-order valence-electron chi connectivity index (χ2n) is 10.5. The Hall–Kier alpha value is -3.29. The molecule has 2 aliphatic heterocycles. The second-order valence-corrected chi connectivity index (χ2v) is 11.5. The number of thiophene rings is 1. The van der Waals surface area contributed by atoms with Gasteiger partial charge in [0, 0.05) is 50.4 Å². The first-order chi connectivity index (χ1) is 18.3. The Labute approximate surface area is 225 Å². The monoisotopic (exact) mass is 537 g/mol. The Kier molecular flexibility index (Phi) is 7.77. The maximum atomic E-state index is 15.0. The summed E-state index contributed by atoms with van der Waals surface area (Å²) in [4.78, 5) is 41.3. The molecule has 0 unspecified atom stereocenters. The molecule has 1 aliphatic carbocycles. The van der Waals surface area contributed by atoms with Crippen LogP contribution in [0.1, 0.15) is 36.6 Å². The standard InChI is InChI=1S/C28H32FN5O3S/c1-17(35)33-6-8-34(9-7-33)26(36)14-24-12-21(16-38-24)18-2-3-19(25(29)13-18)10-23(15-30)32-28(37)27-20-4-5-22(11-20)31-27/h2-3,12-13,16,20,22-23,27,31H,4-11,14H2,1H3,(H,32,37)/t20-,22+,23-,27-/m0/s1. The van der Waals surface area contributed by atoms with Crippen LogP contribution in [0.25, 0.3) is 11.1 Å². The van der Waals surface area contributed by atoms with E-state index in [4.69, 9.17) is 0 Å². The third-order valence-corrected chi connectivity index (χ3v) is 8.92. The van der Waals surface area contributed by atoms with Crippen LogP contribution in [0.4, 0.5) is 4.39 Å². The summed E-state index contributed by atoms with van der Waals surface area (Å²) < 4.78 is 15.0. The number of rotatable bonds is 7. The summed E-state index contributed by atoms with van der Waals surface area (Å²) in [6.07, 6.45) is 3.48. The number of piperidine rings is 1. The number of piperazine rings is 1. The lowest BCUT2D eigenvalue weighted by Crippen LogP contribution is -2.50. The minimum atomic E-state index is -0.806. The number of nitrogens with one attached hydrogen (secondary N) is 2. The molecule has 3 heterocycles. The molecular weight excluding hydrogens is 505 g/mol. The Bertz CT molecular complexity index is 1270. The molecule has 1 aromatic carbocycles. The van der Waals surface area contributed by atoms with Crippen LogP contribution < -0.4 is 10.6 Å². The van der Waals surface area contributed by atoms with E-state index in [2.05, 4.69) is 16.7 Å². The van der Waals surface area contributed by atoms with Gasteiger partial charge < -0.3 is 20.4 Å². The van der Waals surface area contributed by atoms with Crippen LogP contribution in [0.5, 0.6) is 0 Å². The van der Waals surface area contributed by atoms with E-state index in [-0.39, 0.29) is 36.6 Å². The third kappa shape index (κ3) is 5.74. The van der Waals surface area contributed by atoms with Gasteiger partial charge in [0.25, 0.3) is 0 Å². The van der Waals surface area contributed by atoms with Gasteiger partial charge in [0.05, 0.1) is 18.5 Å². The summed E-state index contributed by atoms with van der Waals surface area (Å²) in [5.74, 6) is -0.241. The highest BCUT2D eigenvalue weighted by atomic mass is 32.1. The smallest absolute Gasteiger partial charge is 0.238 e. The molecule has 38 heavy (non-hydrogen) atoms. The molecule has 2 saturated heterocycles. The minimum absolute atomic E-state index is 0.0216. The van der Waals surface area contributed by atoms with Crippen molar-refractivity contribution in [2.45, 2.75) is 57.2 Å². The molecule has 5 rings (SSSR count). The van der Waals surface area contributed by atoms with Crippen molar-refractivity contribution in [1.29, 1.82) is 5.26 Å². The van der Waals surface area contributed by atoms with Crippen LogP contribution >= 0.6 is 11.3 Å². The summed E-state index contributed by atoms with van der Waals surface area (Å²) >= 11 is 1.46. The van der Waals surface area contributed by atoms with Crippen molar-refractivity contribution < 1.29 is 18.8 Å². The molecule has 2 N–H and O–H groups in total. The quantitative estimate of drug-likeness (QED) is 0.565. The van der Waals surface area contributed by atoms with Crippen molar-refractivity contribution in [1.82, 2.24) is 20.4 Å². The van der Waals surface area contributed by atoms with E-state index < -0.39 is 11.9 Å². The van der Waals surface area contributed by atoms with Gasteiger partial charge in [0.15, 0.2) is 0 Å². The SMILES string of the molecule is CC(=O)N1CCN(C(=O)Cc2cc(-c3ccc(C[C@@H](C#N)NC(=O)[C@H]4N[C@@H]5CC[C@H]4C5)c(F)c3)cs2)CC1. The summed E-state index contributed by atoms with van der Waals surface area (Å²) in [6, 6.07) is 8.24. The number of fused-ring (bicyclic) bond motifs is 2. The van der Waals surface area contributed by atoms with Crippen molar-refractivity contribution >= 4 is 29.1 Å². The fourth-order valence-electron chi connectivity index (χ4n) is 5.81. The molecule has 8 nitrogen and oxygen atoms in total. The maximum absolute atomic E-state index is 15.0. The van der Waals surface area contributed by atoms with Gasteiger partial charge in [-0.25, -0.2) is 4.39 Å². The number of nitrogens with zero attached hydrogens (tertiary/aromatic N) is 3. The van der Waals surface area contributed by atoms with Gasteiger partial charge in [-0.2, -0.15) is 5.26 Å². The molecule has 3 aliphatic rings. The molecule has 0 radical (unpaired) electrons. The van der Waals surface area contributed by atoms with Crippen LogP contribution in [0.2, 0.25) is 0 Å². The fourth-order valence-corrected chi connectivity index (χ4v) is 6.69. The highest BCUT2D eigenvalue weighted by Crippen LogP contribution is 2.35. The number of hydrogen-bond donors (Lipinski definition) is 2. The van der Waals surface area contributed by atoms with Gasteiger partial charge in [0.1, 0.15) is 11.9 Å². The Morgan fingerprint density at radius 3 is 2.55 bits per heavy atom. The lowest BCUT2D eigenvalue weighted by atomic mass is 9.98. The van der Waals surface area contributed by atoms with E-state index in [1.54, 1.807) is 21.9 Å². The Morgan fingerprint density at radius 1 is 1.16 bits per heavy atom. The van der Waals surface area contributed by atoms with Crippen LogP contribution in [0.3, 0.4) is 0 Å². The molecule has 1 aromatic heterocycles. The molecule has 200 valence electrons. The lowest BCUT2D eigenvalue weighted by Gasteiger charge is -2.34. The number of benzene rings is 1. The molecule has 2 bridgehead atoms. The van der Waals surface area contributed by atoms with E-state index in [0.29, 0.717) is 49.3 Å². The maximum Gasteiger partial charge on any atom is 0.238 e. The second kappa shape index (κ2) is 11.2. The molecule has 3 fully saturated rings. The lowest BCUT2D eigenvalue weighted by molar-refractivity contribution is -0.137. The van der Waals surface area contributed by atoms with Crippen molar-refractivity contribution in [3.63, 3.8) is 0 Å². The zero-order valence-electron chi connectivity index (χ0n) is 21.4. The molecule has 0 spiro atoms. The fraction of sp³-hybridized carbons (Fsp3) is 0.500. The average Bonchev–Trinajstić information content (AvgIpc) is 3.67. The van der Waals surface area contributed by atoms with Gasteiger partial charge in [0.2, 0.25) is 17.7 Å². The zero-order chi connectivity index (χ0) is 26.8. The highest BCUT2D eigenvalue weighted by Gasteiger charge is 2.43. The first-order valence-corrected chi connectivity index (χ1v) is 14.0.